The zero-order valence-electron chi connectivity index (χ0n) is 9.56. The molecule has 3 aliphatic rings. The molecule has 2 saturated carbocycles. The molecule has 1 aliphatic heterocycles. The average Bonchev–Trinajstić information content (AvgIpc) is 2.68. The second kappa shape index (κ2) is 2.34. The van der Waals surface area contributed by atoms with Crippen LogP contribution < -0.4 is 0 Å². The fraction of sp³-hybridized carbons (Fsp3) is 0.909. The molecule has 0 aromatic rings. The molecule has 4 bridgehead atoms. The van der Waals surface area contributed by atoms with Gasteiger partial charge in [-0.05, 0) is 25.2 Å². The second-order valence-electron chi connectivity index (χ2n) is 5.96. The third-order valence-corrected chi connectivity index (χ3v) is 5.91. The Morgan fingerprint density at radius 2 is 2.25 bits per heavy atom. The van der Waals surface area contributed by atoms with Gasteiger partial charge >= 0.3 is 0 Å². The lowest BCUT2D eigenvalue weighted by Crippen LogP contribution is -2.54. The Morgan fingerprint density at radius 3 is 2.75 bits per heavy atom. The minimum atomic E-state index is -0.853. The molecule has 16 heavy (non-hydrogen) atoms. The molecule has 2 aliphatic carbocycles. The summed E-state index contributed by atoms with van der Waals surface area (Å²) in [6, 6.07) is 2.28. The summed E-state index contributed by atoms with van der Waals surface area (Å²) in [4.78, 5) is 11.1. The first-order valence-electron chi connectivity index (χ1n) is 5.74. The molecule has 0 unspecified atom stereocenters. The van der Waals surface area contributed by atoms with Crippen LogP contribution in [-0.4, -0.2) is 22.1 Å². The van der Waals surface area contributed by atoms with Crippen LogP contribution >= 0.6 is 0 Å². The van der Waals surface area contributed by atoms with E-state index >= 15 is 0 Å². The van der Waals surface area contributed by atoms with Crippen LogP contribution in [0.3, 0.4) is 0 Å². The molecule has 1 heterocycles. The summed E-state index contributed by atoms with van der Waals surface area (Å²) in [6.07, 6.45) is 2.76. The van der Waals surface area contributed by atoms with Gasteiger partial charge in [0, 0.05) is 10.8 Å². The Morgan fingerprint density at radius 1 is 1.56 bits per heavy atom. The van der Waals surface area contributed by atoms with Crippen molar-refractivity contribution >= 4 is 0 Å². The quantitative estimate of drug-likeness (QED) is 0.498. The van der Waals surface area contributed by atoms with Crippen LogP contribution in [0, 0.1) is 38.2 Å². The van der Waals surface area contributed by atoms with E-state index in [1.165, 1.54) is 5.01 Å². The van der Waals surface area contributed by atoms with E-state index in [0.29, 0.717) is 18.9 Å². The van der Waals surface area contributed by atoms with Crippen LogP contribution in [0.15, 0.2) is 0 Å². The van der Waals surface area contributed by atoms with Crippen molar-refractivity contribution in [1.82, 2.24) is 5.01 Å². The smallest absolute Gasteiger partial charge is 0.192 e. The lowest BCUT2D eigenvalue weighted by molar-refractivity contribution is -0.671. The summed E-state index contributed by atoms with van der Waals surface area (Å²) in [5, 5.41) is 21.4. The highest BCUT2D eigenvalue weighted by atomic mass is 16.7. The average molecular weight is 221 g/mol. The Hall–Kier alpha value is -1.31. The van der Waals surface area contributed by atoms with Crippen molar-refractivity contribution < 1.29 is 5.03 Å². The van der Waals surface area contributed by atoms with Crippen molar-refractivity contribution in [3.63, 3.8) is 0 Å². The van der Waals surface area contributed by atoms with Gasteiger partial charge in [0.25, 0.3) is 0 Å². The zero-order chi connectivity index (χ0) is 11.8. The van der Waals surface area contributed by atoms with Crippen LogP contribution in [0.4, 0.5) is 0 Å². The van der Waals surface area contributed by atoms with Crippen molar-refractivity contribution in [2.24, 2.45) is 16.7 Å². The Kier molecular flexibility index (Phi) is 1.45. The summed E-state index contributed by atoms with van der Waals surface area (Å²) in [7, 11) is 0. The number of piperidine rings is 1. The molecular formula is C11H15N3O2. The topological polar surface area (TPSA) is 70.2 Å². The van der Waals surface area contributed by atoms with E-state index in [-0.39, 0.29) is 15.9 Å². The van der Waals surface area contributed by atoms with Gasteiger partial charge in [-0.25, -0.2) is 10.1 Å². The summed E-state index contributed by atoms with van der Waals surface area (Å²) in [5.41, 5.74) is -1.10. The first kappa shape index (κ1) is 9.88. The monoisotopic (exact) mass is 221 g/mol. The van der Waals surface area contributed by atoms with Gasteiger partial charge in [0.15, 0.2) is 10.6 Å². The third-order valence-electron chi connectivity index (χ3n) is 5.91. The van der Waals surface area contributed by atoms with E-state index in [1.54, 1.807) is 0 Å². The van der Waals surface area contributed by atoms with Gasteiger partial charge in [-0.15, -0.1) is 5.01 Å². The first-order chi connectivity index (χ1) is 7.41. The molecule has 0 aromatic carbocycles. The molecule has 0 spiro atoms. The minimum Gasteiger partial charge on any atom is -0.235 e. The van der Waals surface area contributed by atoms with E-state index in [1.807, 2.05) is 0 Å². The highest BCUT2D eigenvalue weighted by Gasteiger charge is 2.81. The molecule has 3 fully saturated rings. The van der Waals surface area contributed by atoms with Crippen LogP contribution in [0.2, 0.25) is 0 Å². The summed E-state index contributed by atoms with van der Waals surface area (Å²) in [5.74, 6) is 0.494. The maximum atomic E-state index is 11.1. The van der Waals surface area contributed by atoms with Crippen molar-refractivity contribution in [2.45, 2.75) is 38.6 Å². The fourth-order valence-electron chi connectivity index (χ4n) is 4.67. The predicted octanol–water partition coefficient (Wildman–Crippen LogP) is 1.58. The molecule has 86 valence electrons. The molecule has 0 amide bonds. The number of hydrogen-bond donors (Lipinski definition) is 0. The number of nitriles is 1. The van der Waals surface area contributed by atoms with Crippen LogP contribution in [0.1, 0.15) is 33.1 Å². The van der Waals surface area contributed by atoms with Gasteiger partial charge in [0.05, 0.1) is 12.6 Å². The Balaban J connectivity index is 2.19. The number of rotatable bonds is 1. The van der Waals surface area contributed by atoms with Gasteiger partial charge in [0.1, 0.15) is 0 Å². The zero-order valence-corrected chi connectivity index (χ0v) is 9.56. The lowest BCUT2D eigenvalue weighted by atomic mass is 9.66. The van der Waals surface area contributed by atoms with Crippen molar-refractivity contribution in [3.8, 4) is 6.07 Å². The van der Waals surface area contributed by atoms with E-state index in [0.717, 1.165) is 12.8 Å². The largest absolute Gasteiger partial charge is 0.235 e. The van der Waals surface area contributed by atoms with Crippen molar-refractivity contribution in [2.75, 3.05) is 6.54 Å². The molecule has 0 radical (unpaired) electrons. The predicted molar refractivity (Wildman–Crippen MR) is 55.6 cm³/mol. The van der Waals surface area contributed by atoms with Crippen LogP contribution in [0.25, 0.3) is 0 Å². The first-order valence-corrected chi connectivity index (χ1v) is 5.74. The second-order valence-corrected chi connectivity index (χ2v) is 5.96. The standard InChI is InChI=1S/C11H15N3O2/c1-9-7-13(14(15)16)11(6-12)5-8(9)3-4-10(9,11)2/h8H,3-5,7H2,1-2H3/t8-,9+,10+,11+/m1/s1. The van der Waals surface area contributed by atoms with E-state index in [9.17, 15) is 15.4 Å². The van der Waals surface area contributed by atoms with Gasteiger partial charge in [-0.1, -0.05) is 13.8 Å². The number of nitro groups is 1. The fourth-order valence-corrected chi connectivity index (χ4v) is 4.67. The summed E-state index contributed by atoms with van der Waals surface area (Å²) >= 11 is 0. The Labute approximate surface area is 94.1 Å². The highest BCUT2D eigenvalue weighted by molar-refractivity contribution is 5.34. The maximum Gasteiger partial charge on any atom is 0.192 e. The third kappa shape index (κ3) is 0.649. The molecule has 4 atom stereocenters. The molecule has 0 aromatic heterocycles. The van der Waals surface area contributed by atoms with Gasteiger partial charge in [-0.2, -0.15) is 5.26 Å². The number of hydrazine groups is 1. The molecule has 1 saturated heterocycles. The molecular weight excluding hydrogens is 206 g/mol. The van der Waals surface area contributed by atoms with Crippen molar-refractivity contribution in [3.05, 3.63) is 10.1 Å². The van der Waals surface area contributed by atoms with Gasteiger partial charge in [0.2, 0.25) is 0 Å². The molecule has 5 heteroatoms. The highest BCUT2D eigenvalue weighted by Crippen LogP contribution is 2.75. The normalized spacial score (nSPS) is 53.1. The minimum absolute atomic E-state index is 0.0458. The molecule has 0 N–H and O–H groups in total. The lowest BCUT2D eigenvalue weighted by Gasteiger charge is -2.37. The van der Waals surface area contributed by atoms with Crippen LogP contribution in [0.5, 0.6) is 0 Å². The molecule has 5 nitrogen and oxygen atoms in total. The van der Waals surface area contributed by atoms with Crippen molar-refractivity contribution in [1.29, 1.82) is 5.26 Å². The van der Waals surface area contributed by atoms with Gasteiger partial charge in [-0.3, -0.25) is 0 Å². The van der Waals surface area contributed by atoms with Gasteiger partial charge < -0.3 is 0 Å². The summed E-state index contributed by atoms with van der Waals surface area (Å²) in [6.45, 7) is 4.65. The summed E-state index contributed by atoms with van der Waals surface area (Å²) < 4.78 is 0. The Bertz CT molecular complexity index is 431. The maximum absolute atomic E-state index is 11.1. The van der Waals surface area contributed by atoms with Crippen LogP contribution in [-0.2, 0) is 0 Å². The molecule has 3 rings (SSSR count). The number of hydrogen-bond acceptors (Lipinski definition) is 3. The SMILES string of the molecule is C[C@@]12CC[C@@H]3C[C@@]1(C#N)N([N+](=O)[O-])C[C@@]32C. The van der Waals surface area contributed by atoms with E-state index in [4.69, 9.17) is 0 Å². The number of nitrogens with zero attached hydrogens (tertiary/aromatic N) is 3. The van der Waals surface area contributed by atoms with E-state index < -0.39 is 5.54 Å². The van der Waals surface area contributed by atoms with E-state index in [2.05, 4.69) is 19.9 Å².